The van der Waals surface area contributed by atoms with Crippen molar-refractivity contribution >= 4 is 11.9 Å². The van der Waals surface area contributed by atoms with E-state index in [2.05, 4.69) is 5.32 Å². The average molecular weight is 337 g/mol. The lowest BCUT2D eigenvalue weighted by atomic mass is 9.82. The molecule has 2 N–H and O–H groups in total. The maximum Gasteiger partial charge on any atom is 0.315 e. The van der Waals surface area contributed by atoms with E-state index in [0.29, 0.717) is 11.5 Å². The fourth-order valence-corrected chi connectivity index (χ4v) is 3.21. The molecule has 2 atom stereocenters. The van der Waals surface area contributed by atoms with Crippen molar-refractivity contribution in [3.05, 3.63) is 71.8 Å². The van der Waals surface area contributed by atoms with Crippen LogP contribution in [-0.2, 0) is 15.0 Å². The van der Waals surface area contributed by atoms with Gasteiger partial charge in [0.15, 0.2) is 0 Å². The van der Waals surface area contributed by atoms with Crippen LogP contribution in [0.25, 0.3) is 0 Å². The Hall–Kier alpha value is -2.62. The molecule has 4 heteroatoms. The first-order valence-electron chi connectivity index (χ1n) is 8.64. The Bertz CT molecular complexity index is 740. The summed E-state index contributed by atoms with van der Waals surface area (Å²) in [5.74, 6) is -0.871. The van der Waals surface area contributed by atoms with Crippen LogP contribution in [-0.4, -0.2) is 23.5 Å². The van der Waals surface area contributed by atoms with Gasteiger partial charge in [-0.15, -0.1) is 0 Å². The molecule has 0 aliphatic heterocycles. The van der Waals surface area contributed by atoms with Crippen molar-refractivity contribution in [3.63, 3.8) is 0 Å². The highest BCUT2D eigenvalue weighted by Gasteiger charge is 2.40. The second-order valence-corrected chi connectivity index (χ2v) is 6.95. The third-order valence-electron chi connectivity index (χ3n) is 5.03. The molecule has 130 valence electrons. The van der Waals surface area contributed by atoms with E-state index >= 15 is 0 Å². The molecule has 25 heavy (non-hydrogen) atoms. The lowest BCUT2D eigenvalue weighted by molar-refractivity contribution is -0.143. The predicted molar refractivity (Wildman–Crippen MR) is 96.3 cm³/mol. The highest BCUT2D eigenvalue weighted by molar-refractivity contribution is 5.86. The Morgan fingerprint density at radius 3 is 2.16 bits per heavy atom. The van der Waals surface area contributed by atoms with Gasteiger partial charge < -0.3 is 10.4 Å². The van der Waals surface area contributed by atoms with Crippen molar-refractivity contribution in [1.82, 2.24) is 5.32 Å². The first kappa shape index (κ1) is 17.2. The van der Waals surface area contributed by atoms with E-state index < -0.39 is 11.4 Å². The Morgan fingerprint density at radius 1 is 1.08 bits per heavy atom. The van der Waals surface area contributed by atoms with Crippen molar-refractivity contribution < 1.29 is 14.7 Å². The first-order valence-corrected chi connectivity index (χ1v) is 8.64. The number of nitrogens with one attached hydrogen (secondary N) is 1. The highest BCUT2D eigenvalue weighted by atomic mass is 16.4. The molecule has 1 aliphatic rings. The summed E-state index contributed by atoms with van der Waals surface area (Å²) in [5, 5.41) is 12.6. The molecule has 1 amide bonds. The normalized spacial score (nSPS) is 17.3. The van der Waals surface area contributed by atoms with E-state index in [4.69, 9.17) is 0 Å². The van der Waals surface area contributed by atoms with Gasteiger partial charge in [0.05, 0.1) is 5.92 Å². The second kappa shape index (κ2) is 7.09. The molecule has 1 fully saturated rings. The van der Waals surface area contributed by atoms with Crippen molar-refractivity contribution in [2.45, 2.75) is 31.1 Å². The van der Waals surface area contributed by atoms with Gasteiger partial charge in [0, 0.05) is 6.54 Å². The van der Waals surface area contributed by atoms with Gasteiger partial charge in [0.1, 0.15) is 5.41 Å². The SMILES string of the molecule is CC(CNC(=O)C(c1ccccc1)C1CC1)(C(=O)O)c1ccccc1. The van der Waals surface area contributed by atoms with Crippen LogP contribution in [0.3, 0.4) is 0 Å². The molecule has 0 spiro atoms. The fraction of sp³-hybridized carbons (Fsp3) is 0.333. The quantitative estimate of drug-likeness (QED) is 0.814. The number of carbonyl (C=O) groups is 2. The summed E-state index contributed by atoms with van der Waals surface area (Å²) in [7, 11) is 0. The molecule has 1 saturated carbocycles. The molecular weight excluding hydrogens is 314 g/mol. The molecule has 3 rings (SSSR count). The molecule has 4 nitrogen and oxygen atoms in total. The molecular formula is C21H23NO3. The van der Waals surface area contributed by atoms with Crippen LogP contribution in [0.1, 0.15) is 36.8 Å². The molecule has 2 unspecified atom stereocenters. The Morgan fingerprint density at radius 2 is 1.64 bits per heavy atom. The first-order chi connectivity index (χ1) is 12.0. The molecule has 0 aromatic heterocycles. The molecule has 0 heterocycles. The van der Waals surface area contributed by atoms with Crippen LogP contribution < -0.4 is 5.32 Å². The number of amides is 1. The molecule has 0 saturated heterocycles. The number of benzene rings is 2. The third-order valence-corrected chi connectivity index (χ3v) is 5.03. The van der Waals surface area contributed by atoms with Crippen molar-refractivity contribution in [3.8, 4) is 0 Å². The summed E-state index contributed by atoms with van der Waals surface area (Å²) in [6.45, 7) is 1.72. The summed E-state index contributed by atoms with van der Waals surface area (Å²) in [5.41, 5.74) is 0.534. The number of carboxylic acids is 1. The molecule has 2 aromatic carbocycles. The lowest BCUT2D eigenvalue weighted by Gasteiger charge is -2.27. The number of hydrogen-bond acceptors (Lipinski definition) is 2. The molecule has 0 bridgehead atoms. The minimum absolute atomic E-state index is 0.0707. The summed E-state index contributed by atoms with van der Waals surface area (Å²) in [6.07, 6.45) is 2.09. The van der Waals surface area contributed by atoms with Gasteiger partial charge in [-0.2, -0.15) is 0 Å². The summed E-state index contributed by atoms with van der Waals surface area (Å²) in [4.78, 5) is 24.7. The van der Waals surface area contributed by atoms with Gasteiger partial charge >= 0.3 is 5.97 Å². The van der Waals surface area contributed by atoms with Gasteiger partial charge in [0.25, 0.3) is 0 Å². The van der Waals surface area contributed by atoms with Crippen molar-refractivity contribution in [2.75, 3.05) is 6.54 Å². The van der Waals surface area contributed by atoms with E-state index in [1.165, 1.54) is 0 Å². The van der Waals surface area contributed by atoms with Gasteiger partial charge in [-0.25, -0.2) is 0 Å². The molecule has 2 aromatic rings. The van der Waals surface area contributed by atoms with E-state index in [-0.39, 0.29) is 18.4 Å². The Balaban J connectivity index is 1.76. The van der Waals surface area contributed by atoms with E-state index in [1.54, 1.807) is 19.1 Å². The number of hydrogen-bond donors (Lipinski definition) is 2. The van der Waals surface area contributed by atoms with E-state index in [9.17, 15) is 14.7 Å². The zero-order chi connectivity index (χ0) is 17.9. The topological polar surface area (TPSA) is 66.4 Å². The smallest absolute Gasteiger partial charge is 0.315 e. The second-order valence-electron chi connectivity index (χ2n) is 6.95. The van der Waals surface area contributed by atoms with Gasteiger partial charge in [-0.3, -0.25) is 9.59 Å². The average Bonchev–Trinajstić information content (AvgIpc) is 3.46. The Labute approximate surface area is 147 Å². The van der Waals surface area contributed by atoms with Crippen LogP contribution in [0, 0.1) is 5.92 Å². The fourth-order valence-electron chi connectivity index (χ4n) is 3.21. The minimum atomic E-state index is -1.15. The zero-order valence-corrected chi connectivity index (χ0v) is 14.3. The van der Waals surface area contributed by atoms with Gasteiger partial charge in [-0.1, -0.05) is 60.7 Å². The number of aliphatic carboxylic acids is 1. The molecule has 0 radical (unpaired) electrons. The van der Waals surface area contributed by atoms with Crippen LogP contribution in [0.2, 0.25) is 0 Å². The van der Waals surface area contributed by atoms with Crippen LogP contribution in [0.15, 0.2) is 60.7 Å². The van der Waals surface area contributed by atoms with Crippen LogP contribution in [0.4, 0.5) is 0 Å². The lowest BCUT2D eigenvalue weighted by Crippen LogP contribution is -2.45. The summed E-state index contributed by atoms with van der Waals surface area (Å²) in [6, 6.07) is 18.8. The monoisotopic (exact) mass is 337 g/mol. The predicted octanol–water partition coefficient (Wildman–Crippen LogP) is 3.34. The highest BCUT2D eigenvalue weighted by Crippen LogP contribution is 2.42. The van der Waals surface area contributed by atoms with Crippen molar-refractivity contribution in [2.24, 2.45) is 5.92 Å². The van der Waals surface area contributed by atoms with Crippen molar-refractivity contribution in [1.29, 1.82) is 0 Å². The molecule has 1 aliphatic carbocycles. The largest absolute Gasteiger partial charge is 0.481 e. The number of carboxylic acid groups (broad SMARTS) is 1. The maximum atomic E-state index is 12.8. The third kappa shape index (κ3) is 3.73. The van der Waals surface area contributed by atoms with E-state index in [0.717, 1.165) is 18.4 Å². The van der Waals surface area contributed by atoms with Gasteiger partial charge in [0.2, 0.25) is 5.91 Å². The standard InChI is InChI=1S/C21H23NO3/c1-21(20(24)25,17-10-6-3-7-11-17)14-22-19(23)18(16-12-13-16)15-8-4-2-5-9-15/h2-11,16,18H,12-14H2,1H3,(H,22,23)(H,24,25). The minimum Gasteiger partial charge on any atom is -0.481 e. The van der Waals surface area contributed by atoms with Gasteiger partial charge in [-0.05, 0) is 36.8 Å². The number of carbonyl (C=O) groups excluding carboxylic acids is 1. The summed E-state index contributed by atoms with van der Waals surface area (Å²) >= 11 is 0. The Kier molecular flexibility index (Phi) is 4.88. The maximum absolute atomic E-state index is 12.8. The van der Waals surface area contributed by atoms with Crippen LogP contribution in [0.5, 0.6) is 0 Å². The van der Waals surface area contributed by atoms with Crippen LogP contribution >= 0.6 is 0 Å². The number of rotatable bonds is 7. The summed E-state index contributed by atoms with van der Waals surface area (Å²) < 4.78 is 0. The zero-order valence-electron chi connectivity index (χ0n) is 14.3. The van der Waals surface area contributed by atoms with E-state index in [1.807, 2.05) is 48.5 Å².